The molecule has 1 unspecified atom stereocenters. The largest absolute Gasteiger partial charge is 0.481 e. The molecule has 2 N–H and O–H groups in total. The van der Waals surface area contributed by atoms with Gasteiger partial charge < -0.3 is 10.4 Å². The van der Waals surface area contributed by atoms with Gasteiger partial charge >= 0.3 is 5.97 Å². The number of rotatable bonds is 11. The molecule has 1 heterocycles. The highest BCUT2D eigenvalue weighted by molar-refractivity contribution is 7.89. The number of hydrogen-bond acceptors (Lipinski definition) is 4. The number of carbonyl (C=O) groups excluding carboxylic acids is 1. The first-order chi connectivity index (χ1) is 18.2. The van der Waals surface area contributed by atoms with Gasteiger partial charge in [0, 0.05) is 28.5 Å². The predicted octanol–water partition coefficient (Wildman–Crippen LogP) is 6.27. The highest BCUT2D eigenvalue weighted by Crippen LogP contribution is 2.45. The number of carboxylic acids is 1. The van der Waals surface area contributed by atoms with E-state index in [1.54, 1.807) is 39.0 Å². The number of aliphatic carboxylic acids is 1. The maximum atomic E-state index is 13.4. The zero-order valence-electron chi connectivity index (χ0n) is 23.0. The quantitative estimate of drug-likeness (QED) is 0.318. The van der Waals surface area contributed by atoms with Gasteiger partial charge in [-0.05, 0) is 68.0 Å². The number of carboxylic acid groups (broad SMARTS) is 1. The maximum Gasteiger partial charge on any atom is 0.304 e. The molecule has 5 atom stereocenters. The molecule has 2 aromatic rings. The molecule has 39 heavy (non-hydrogen) atoms. The van der Waals surface area contributed by atoms with Crippen LogP contribution in [0.5, 0.6) is 0 Å². The van der Waals surface area contributed by atoms with Crippen molar-refractivity contribution in [3.8, 4) is 0 Å². The van der Waals surface area contributed by atoms with Gasteiger partial charge in [0.05, 0.1) is 23.1 Å². The van der Waals surface area contributed by atoms with Gasteiger partial charge in [0.25, 0.3) is 0 Å². The van der Waals surface area contributed by atoms with Crippen LogP contribution in [0.4, 0.5) is 0 Å². The van der Waals surface area contributed by atoms with Crippen LogP contribution in [0, 0.1) is 11.3 Å². The van der Waals surface area contributed by atoms with Crippen LogP contribution in [-0.4, -0.2) is 47.5 Å². The first-order valence-electron chi connectivity index (χ1n) is 13.2. The summed E-state index contributed by atoms with van der Waals surface area (Å²) in [6, 6.07) is 13.7. The lowest BCUT2D eigenvalue weighted by molar-refractivity contribution is -0.147. The second kappa shape index (κ2) is 12.6. The topological polar surface area (TPSA) is 104 Å². The third-order valence-electron chi connectivity index (χ3n) is 7.81. The van der Waals surface area contributed by atoms with E-state index in [2.05, 4.69) is 5.32 Å². The Bertz CT molecular complexity index is 1280. The van der Waals surface area contributed by atoms with Crippen molar-refractivity contribution in [2.75, 3.05) is 6.54 Å². The van der Waals surface area contributed by atoms with E-state index in [0.717, 1.165) is 11.1 Å². The molecule has 0 saturated carbocycles. The fourth-order valence-corrected chi connectivity index (χ4v) is 7.46. The standard InChI is InChI=1S/C29H38Cl2N2O5S/c1-6-33(39(37,38)18(2)3)25(20-10-12-22(30)13-11-20)14-19(4)27-24(21-8-7-9-23(31)15-21)16-29(5,17-26(34)35)28(36)32-27/h7-13,15,18-19,24-25,27H,6,14,16-17H2,1-5H3,(H,32,36)(H,34,35)/t19?,24-,25+,27+,29+/m1/s1. The molecule has 1 fully saturated rings. The molecule has 3 rings (SSSR count). The third-order valence-corrected chi connectivity index (χ3v) is 10.7. The molecule has 1 amide bonds. The average molecular weight is 598 g/mol. The van der Waals surface area contributed by atoms with Gasteiger partial charge in [-0.1, -0.05) is 68.2 Å². The molecule has 0 aromatic heterocycles. The summed E-state index contributed by atoms with van der Waals surface area (Å²) in [5.41, 5.74) is 0.622. The van der Waals surface area contributed by atoms with E-state index in [4.69, 9.17) is 23.2 Å². The van der Waals surface area contributed by atoms with Crippen LogP contribution >= 0.6 is 23.2 Å². The van der Waals surface area contributed by atoms with Crippen molar-refractivity contribution in [3.63, 3.8) is 0 Å². The molecule has 0 radical (unpaired) electrons. The molecule has 0 bridgehead atoms. The Kier molecular flexibility index (Phi) is 10.1. The molecular formula is C29H38Cl2N2O5S. The van der Waals surface area contributed by atoms with Gasteiger partial charge in [-0.2, -0.15) is 4.31 Å². The molecule has 1 aliphatic heterocycles. The summed E-state index contributed by atoms with van der Waals surface area (Å²) in [5.74, 6) is -1.75. The van der Waals surface area contributed by atoms with E-state index in [-0.39, 0.29) is 36.8 Å². The molecule has 7 nitrogen and oxygen atoms in total. The zero-order chi connectivity index (χ0) is 29.1. The Morgan fingerprint density at radius 3 is 2.31 bits per heavy atom. The summed E-state index contributed by atoms with van der Waals surface area (Å²) in [7, 11) is -3.61. The van der Waals surface area contributed by atoms with Crippen molar-refractivity contribution in [2.24, 2.45) is 11.3 Å². The number of halogens is 2. The van der Waals surface area contributed by atoms with Crippen LogP contribution < -0.4 is 5.32 Å². The van der Waals surface area contributed by atoms with Crippen molar-refractivity contribution < 1.29 is 23.1 Å². The third kappa shape index (κ3) is 7.15. The Morgan fingerprint density at radius 1 is 1.13 bits per heavy atom. The monoisotopic (exact) mass is 596 g/mol. The summed E-state index contributed by atoms with van der Waals surface area (Å²) in [4.78, 5) is 25.0. The van der Waals surface area contributed by atoms with Crippen LogP contribution in [0.25, 0.3) is 0 Å². The minimum atomic E-state index is -3.61. The number of nitrogens with one attached hydrogen (secondary N) is 1. The van der Waals surface area contributed by atoms with Gasteiger partial charge in [-0.15, -0.1) is 0 Å². The van der Waals surface area contributed by atoms with Crippen LogP contribution in [0.2, 0.25) is 10.0 Å². The Morgan fingerprint density at radius 2 is 1.77 bits per heavy atom. The van der Waals surface area contributed by atoms with E-state index in [1.807, 2.05) is 44.2 Å². The maximum absolute atomic E-state index is 13.4. The molecule has 0 spiro atoms. The summed E-state index contributed by atoms with van der Waals surface area (Å²) in [6.07, 6.45) is 0.466. The lowest BCUT2D eigenvalue weighted by Crippen LogP contribution is -2.56. The smallest absolute Gasteiger partial charge is 0.304 e. The number of nitrogens with zero attached hydrogens (tertiary/aromatic N) is 1. The first kappa shape index (κ1) is 31.4. The predicted molar refractivity (Wildman–Crippen MR) is 156 cm³/mol. The minimum Gasteiger partial charge on any atom is -0.481 e. The summed E-state index contributed by atoms with van der Waals surface area (Å²) in [6.45, 7) is 9.12. The Hall–Kier alpha value is -2.13. The second-order valence-corrected chi connectivity index (χ2v) is 14.4. The summed E-state index contributed by atoms with van der Waals surface area (Å²) < 4.78 is 28.4. The fraction of sp³-hybridized carbons (Fsp3) is 0.517. The highest BCUT2D eigenvalue weighted by atomic mass is 35.5. The summed E-state index contributed by atoms with van der Waals surface area (Å²) in [5, 5.41) is 13.2. The molecular weight excluding hydrogens is 559 g/mol. The molecule has 214 valence electrons. The Labute approximate surface area is 241 Å². The molecule has 1 saturated heterocycles. The van der Waals surface area contributed by atoms with Gasteiger partial charge in [-0.25, -0.2) is 8.42 Å². The van der Waals surface area contributed by atoms with Crippen LogP contribution in [0.3, 0.4) is 0 Å². The number of benzene rings is 2. The normalized spacial score (nSPS) is 23.5. The van der Waals surface area contributed by atoms with Crippen molar-refractivity contribution in [1.82, 2.24) is 9.62 Å². The molecule has 10 heteroatoms. The van der Waals surface area contributed by atoms with Crippen molar-refractivity contribution in [2.45, 2.75) is 77.1 Å². The van der Waals surface area contributed by atoms with Crippen molar-refractivity contribution in [1.29, 1.82) is 0 Å². The lowest BCUT2D eigenvalue weighted by Gasteiger charge is -2.45. The van der Waals surface area contributed by atoms with Crippen LogP contribution in [0.1, 0.15) is 77.0 Å². The lowest BCUT2D eigenvalue weighted by atomic mass is 9.67. The van der Waals surface area contributed by atoms with Gasteiger partial charge in [0.2, 0.25) is 15.9 Å². The van der Waals surface area contributed by atoms with Crippen molar-refractivity contribution in [3.05, 3.63) is 69.7 Å². The molecule has 2 aromatic carbocycles. The zero-order valence-corrected chi connectivity index (χ0v) is 25.4. The Balaban J connectivity index is 2.05. The SMILES string of the molecule is CCN([C@@H](CC(C)[C@@H]1NC(=O)[C@](C)(CC(=O)O)C[C@@H]1c1cccc(Cl)c1)c1ccc(Cl)cc1)S(=O)(=O)C(C)C. The van der Waals surface area contributed by atoms with Gasteiger partial charge in [0.1, 0.15) is 0 Å². The summed E-state index contributed by atoms with van der Waals surface area (Å²) >= 11 is 12.5. The number of amides is 1. The average Bonchev–Trinajstić information content (AvgIpc) is 2.85. The fourth-order valence-electron chi connectivity index (χ4n) is 5.67. The first-order valence-corrected chi connectivity index (χ1v) is 15.5. The number of piperidine rings is 1. The number of carbonyl (C=O) groups is 2. The number of sulfonamides is 1. The van der Waals surface area contributed by atoms with E-state index >= 15 is 0 Å². The van der Waals surface area contributed by atoms with E-state index in [0.29, 0.717) is 22.9 Å². The van der Waals surface area contributed by atoms with Crippen LogP contribution in [0.15, 0.2) is 48.5 Å². The second-order valence-electron chi connectivity index (χ2n) is 11.1. The van der Waals surface area contributed by atoms with E-state index in [9.17, 15) is 23.1 Å². The minimum absolute atomic E-state index is 0.176. The molecule has 0 aliphatic carbocycles. The van der Waals surface area contributed by atoms with E-state index < -0.39 is 32.7 Å². The van der Waals surface area contributed by atoms with E-state index in [1.165, 1.54) is 4.31 Å². The van der Waals surface area contributed by atoms with Crippen LogP contribution in [-0.2, 0) is 19.6 Å². The number of hydrogen-bond donors (Lipinski definition) is 2. The van der Waals surface area contributed by atoms with Crippen molar-refractivity contribution >= 4 is 45.1 Å². The van der Waals surface area contributed by atoms with Gasteiger partial charge in [-0.3, -0.25) is 9.59 Å². The van der Waals surface area contributed by atoms with Gasteiger partial charge in [0.15, 0.2) is 0 Å². The highest BCUT2D eigenvalue weighted by Gasteiger charge is 2.48. The molecule has 1 aliphatic rings.